The van der Waals surface area contributed by atoms with Crippen LogP contribution in [-0.4, -0.2) is 51.2 Å². The van der Waals surface area contributed by atoms with E-state index in [1.54, 1.807) is 7.11 Å². The summed E-state index contributed by atoms with van der Waals surface area (Å²) in [7, 11) is 3.64. The lowest BCUT2D eigenvalue weighted by Gasteiger charge is -2.38. The average Bonchev–Trinajstić information content (AvgIpc) is 3.13. The molecule has 1 aliphatic carbocycles. The maximum absolute atomic E-state index is 12.6. The molecule has 18 heavy (non-hydrogen) atoms. The van der Waals surface area contributed by atoms with Crippen molar-refractivity contribution in [3.8, 4) is 0 Å². The molecular weight excluding hydrogens is 252 g/mol. The molecule has 0 radical (unpaired) electrons. The fourth-order valence-electron chi connectivity index (χ4n) is 2.78. The van der Waals surface area contributed by atoms with E-state index in [-0.39, 0.29) is 23.7 Å². The molecule has 0 bridgehead atoms. The van der Waals surface area contributed by atoms with Crippen LogP contribution in [0.15, 0.2) is 0 Å². The molecule has 2 fully saturated rings. The molecule has 2 rings (SSSR count). The zero-order valence-electron chi connectivity index (χ0n) is 11.4. The Balaban J connectivity index is 0.00000162. The van der Waals surface area contributed by atoms with Crippen molar-refractivity contribution >= 4 is 18.3 Å². The Bertz CT molecular complexity index is 271. The summed E-state index contributed by atoms with van der Waals surface area (Å²) in [4.78, 5) is 14.5. The van der Waals surface area contributed by atoms with Crippen molar-refractivity contribution in [2.45, 2.75) is 25.7 Å². The number of nitrogens with one attached hydrogen (secondary N) is 1. The van der Waals surface area contributed by atoms with E-state index in [1.807, 2.05) is 11.9 Å². The maximum Gasteiger partial charge on any atom is 0.230 e. The molecule has 1 amide bonds. The molecule has 106 valence electrons. The van der Waals surface area contributed by atoms with E-state index in [4.69, 9.17) is 4.74 Å². The maximum atomic E-state index is 12.6. The van der Waals surface area contributed by atoms with E-state index in [1.165, 1.54) is 12.8 Å². The molecule has 4 nitrogen and oxygen atoms in total. The number of hydrogen-bond donors (Lipinski definition) is 1. The predicted molar refractivity (Wildman–Crippen MR) is 74.0 cm³/mol. The first-order valence-corrected chi connectivity index (χ1v) is 6.63. The third-order valence-corrected chi connectivity index (χ3v) is 4.01. The number of ether oxygens (including phenoxy) is 1. The first-order valence-electron chi connectivity index (χ1n) is 6.63. The van der Waals surface area contributed by atoms with Gasteiger partial charge in [0, 0.05) is 20.7 Å². The van der Waals surface area contributed by atoms with Crippen LogP contribution in [0.3, 0.4) is 0 Å². The summed E-state index contributed by atoms with van der Waals surface area (Å²) < 4.78 is 5.30. The number of carbonyl (C=O) groups excluding carboxylic acids is 1. The molecule has 1 N–H and O–H groups in total. The van der Waals surface area contributed by atoms with Crippen molar-refractivity contribution < 1.29 is 9.53 Å². The molecule has 1 aliphatic heterocycles. The van der Waals surface area contributed by atoms with Gasteiger partial charge in [-0.05, 0) is 44.7 Å². The number of methoxy groups -OCH3 is 1. The third kappa shape index (κ3) is 3.59. The Hall–Kier alpha value is -0.320. The van der Waals surface area contributed by atoms with Gasteiger partial charge >= 0.3 is 0 Å². The number of hydrogen-bond acceptors (Lipinski definition) is 3. The Morgan fingerprint density at radius 2 is 2.00 bits per heavy atom. The van der Waals surface area contributed by atoms with Gasteiger partial charge in [0.05, 0.1) is 12.0 Å². The van der Waals surface area contributed by atoms with Crippen LogP contribution in [-0.2, 0) is 9.53 Å². The number of halogens is 1. The third-order valence-electron chi connectivity index (χ3n) is 4.01. The van der Waals surface area contributed by atoms with Crippen molar-refractivity contribution in [1.82, 2.24) is 10.2 Å². The highest BCUT2D eigenvalue weighted by molar-refractivity contribution is 5.85. The topological polar surface area (TPSA) is 41.6 Å². The van der Waals surface area contributed by atoms with Gasteiger partial charge in [-0.25, -0.2) is 0 Å². The van der Waals surface area contributed by atoms with Crippen molar-refractivity contribution in [2.24, 2.45) is 11.3 Å². The Labute approximate surface area is 116 Å². The van der Waals surface area contributed by atoms with Gasteiger partial charge in [-0.15, -0.1) is 12.4 Å². The summed E-state index contributed by atoms with van der Waals surface area (Å²) in [6.07, 6.45) is 4.37. The summed E-state index contributed by atoms with van der Waals surface area (Å²) in [5.41, 5.74) is -0.274. The minimum atomic E-state index is -0.274. The first-order chi connectivity index (χ1) is 8.18. The Morgan fingerprint density at radius 3 is 2.50 bits per heavy atom. The van der Waals surface area contributed by atoms with E-state index in [0.717, 1.165) is 38.4 Å². The molecule has 0 atom stereocenters. The number of piperidine rings is 1. The van der Waals surface area contributed by atoms with E-state index >= 15 is 0 Å². The van der Waals surface area contributed by atoms with Crippen LogP contribution in [0.5, 0.6) is 0 Å². The van der Waals surface area contributed by atoms with Crippen molar-refractivity contribution in [2.75, 3.05) is 40.4 Å². The second-order valence-electron chi connectivity index (χ2n) is 5.59. The Morgan fingerprint density at radius 1 is 1.39 bits per heavy atom. The molecule has 1 heterocycles. The lowest BCUT2D eigenvalue weighted by molar-refractivity contribution is -0.146. The minimum absolute atomic E-state index is 0. The van der Waals surface area contributed by atoms with Crippen molar-refractivity contribution in [1.29, 1.82) is 0 Å². The highest BCUT2D eigenvalue weighted by atomic mass is 35.5. The number of carbonyl (C=O) groups is 1. The summed E-state index contributed by atoms with van der Waals surface area (Å²) >= 11 is 0. The smallest absolute Gasteiger partial charge is 0.230 e. The quantitative estimate of drug-likeness (QED) is 0.823. The summed E-state index contributed by atoms with van der Waals surface area (Å²) in [5, 5.41) is 3.32. The van der Waals surface area contributed by atoms with Crippen LogP contribution < -0.4 is 5.32 Å². The van der Waals surface area contributed by atoms with Gasteiger partial charge in [-0.3, -0.25) is 4.79 Å². The monoisotopic (exact) mass is 276 g/mol. The Kier molecular flexibility index (Phi) is 5.89. The second-order valence-corrected chi connectivity index (χ2v) is 5.59. The fourth-order valence-corrected chi connectivity index (χ4v) is 2.78. The van der Waals surface area contributed by atoms with Crippen molar-refractivity contribution in [3.05, 3.63) is 0 Å². The van der Waals surface area contributed by atoms with Gasteiger partial charge in [-0.2, -0.15) is 0 Å². The SMILES string of the molecule is COCC1(C(=O)N(C)CC2CC2)CCNCC1.Cl. The predicted octanol–water partition coefficient (Wildman–Crippen LogP) is 1.29. The lowest BCUT2D eigenvalue weighted by Crippen LogP contribution is -2.51. The normalized spacial score (nSPS) is 22.1. The van der Waals surface area contributed by atoms with Crippen LogP contribution >= 0.6 is 12.4 Å². The van der Waals surface area contributed by atoms with E-state index in [0.29, 0.717) is 6.61 Å². The zero-order valence-corrected chi connectivity index (χ0v) is 12.2. The molecule has 5 heteroatoms. The molecule has 2 aliphatic rings. The molecule has 1 saturated carbocycles. The molecular formula is C13H25ClN2O2. The van der Waals surface area contributed by atoms with Gasteiger partial charge in [0.2, 0.25) is 5.91 Å². The van der Waals surface area contributed by atoms with E-state index in [9.17, 15) is 4.79 Å². The lowest BCUT2D eigenvalue weighted by atomic mass is 9.78. The van der Waals surface area contributed by atoms with Crippen molar-refractivity contribution in [3.63, 3.8) is 0 Å². The van der Waals surface area contributed by atoms with Crippen LogP contribution in [0.4, 0.5) is 0 Å². The number of nitrogens with zero attached hydrogens (tertiary/aromatic N) is 1. The first kappa shape index (κ1) is 15.7. The summed E-state index contributed by atoms with van der Waals surface area (Å²) in [5.74, 6) is 1.04. The summed E-state index contributed by atoms with van der Waals surface area (Å²) in [6.45, 7) is 3.33. The molecule has 0 spiro atoms. The molecule has 0 aromatic rings. The standard InChI is InChI=1S/C13H24N2O2.ClH/c1-15(9-11-3-4-11)12(16)13(10-17-2)5-7-14-8-6-13;/h11,14H,3-10H2,1-2H3;1H. The van der Waals surface area contributed by atoms with Gasteiger partial charge in [0.25, 0.3) is 0 Å². The molecule has 0 aromatic carbocycles. The molecule has 1 saturated heterocycles. The van der Waals surface area contributed by atoms with Gasteiger partial charge in [0.1, 0.15) is 0 Å². The highest BCUT2D eigenvalue weighted by Crippen LogP contribution is 2.34. The van der Waals surface area contributed by atoms with E-state index < -0.39 is 0 Å². The molecule has 0 aromatic heterocycles. The van der Waals surface area contributed by atoms with Gasteiger partial charge < -0.3 is 15.0 Å². The van der Waals surface area contributed by atoms with Crippen LogP contribution in [0.2, 0.25) is 0 Å². The molecule has 0 unspecified atom stereocenters. The number of rotatable bonds is 5. The zero-order chi connectivity index (χ0) is 12.3. The van der Waals surface area contributed by atoms with Crippen LogP contribution in [0.1, 0.15) is 25.7 Å². The van der Waals surface area contributed by atoms with E-state index in [2.05, 4.69) is 5.32 Å². The number of amides is 1. The summed E-state index contributed by atoms with van der Waals surface area (Å²) in [6, 6.07) is 0. The van der Waals surface area contributed by atoms with Gasteiger partial charge in [0.15, 0.2) is 0 Å². The second kappa shape index (κ2) is 6.73. The fraction of sp³-hybridized carbons (Fsp3) is 0.923. The van der Waals surface area contributed by atoms with Gasteiger partial charge in [-0.1, -0.05) is 0 Å². The minimum Gasteiger partial charge on any atom is -0.384 e. The largest absolute Gasteiger partial charge is 0.384 e. The van der Waals surface area contributed by atoms with Crippen LogP contribution in [0, 0.1) is 11.3 Å². The average molecular weight is 277 g/mol. The highest BCUT2D eigenvalue weighted by Gasteiger charge is 2.42. The van der Waals surface area contributed by atoms with Crippen LogP contribution in [0.25, 0.3) is 0 Å².